The summed E-state index contributed by atoms with van der Waals surface area (Å²) in [5, 5.41) is 12.9. The minimum absolute atomic E-state index is 0.478. The largest absolute Gasteiger partial charge is 0.378 e. The summed E-state index contributed by atoms with van der Waals surface area (Å²) in [7, 11) is 1.88. The Morgan fingerprint density at radius 3 is 2.59 bits per heavy atom. The van der Waals surface area contributed by atoms with Crippen LogP contribution in [-0.2, 0) is 11.8 Å². The zero-order valence-corrected chi connectivity index (χ0v) is 18.5. The molecule has 1 aromatic carbocycles. The number of benzene rings is 1. The normalized spacial score (nSPS) is 14.0. The Kier molecular flexibility index (Phi) is 5.07. The second kappa shape index (κ2) is 8.52. The van der Waals surface area contributed by atoms with Crippen LogP contribution in [0.25, 0.3) is 28.0 Å². The van der Waals surface area contributed by atoms with Crippen LogP contribution in [-0.4, -0.2) is 65.8 Å². The SMILES string of the molecule is Cn1cc(-c2ccc3cnc(Nc4ccc(-n5cnc(N6CCOCC6)n5)cc4)nc3n2)cn1. The third kappa shape index (κ3) is 4.04. The second-order valence-corrected chi connectivity index (χ2v) is 7.97. The number of nitrogens with one attached hydrogen (secondary N) is 1. The summed E-state index contributed by atoms with van der Waals surface area (Å²) >= 11 is 0. The summed E-state index contributed by atoms with van der Waals surface area (Å²) < 4.78 is 8.92. The molecular weight excluding hydrogens is 432 g/mol. The summed E-state index contributed by atoms with van der Waals surface area (Å²) in [6, 6.07) is 11.8. The number of morpholine rings is 1. The van der Waals surface area contributed by atoms with Crippen LogP contribution in [0.15, 0.2) is 61.3 Å². The Morgan fingerprint density at radius 1 is 0.941 bits per heavy atom. The molecule has 11 heteroatoms. The Balaban J connectivity index is 1.19. The third-order valence-corrected chi connectivity index (χ3v) is 5.61. The zero-order chi connectivity index (χ0) is 22.9. The van der Waals surface area contributed by atoms with Crippen LogP contribution < -0.4 is 10.2 Å². The highest BCUT2D eigenvalue weighted by Crippen LogP contribution is 2.21. The fraction of sp³-hybridized carbons (Fsp3) is 0.217. The van der Waals surface area contributed by atoms with E-state index < -0.39 is 0 Å². The van der Waals surface area contributed by atoms with Crippen molar-refractivity contribution in [2.75, 3.05) is 36.5 Å². The first-order chi connectivity index (χ1) is 16.7. The van der Waals surface area contributed by atoms with Gasteiger partial charge in [-0.15, -0.1) is 5.10 Å². The zero-order valence-electron chi connectivity index (χ0n) is 18.5. The molecule has 1 fully saturated rings. The van der Waals surface area contributed by atoms with Gasteiger partial charge in [-0.1, -0.05) is 0 Å². The van der Waals surface area contributed by atoms with Gasteiger partial charge in [0.2, 0.25) is 11.9 Å². The first-order valence-corrected chi connectivity index (χ1v) is 11.0. The molecule has 0 radical (unpaired) electrons. The van der Waals surface area contributed by atoms with Crippen LogP contribution in [0.4, 0.5) is 17.6 Å². The maximum absolute atomic E-state index is 5.40. The van der Waals surface area contributed by atoms with E-state index in [1.165, 1.54) is 0 Å². The van der Waals surface area contributed by atoms with E-state index >= 15 is 0 Å². The lowest BCUT2D eigenvalue weighted by molar-refractivity contribution is 0.122. The van der Waals surface area contributed by atoms with Gasteiger partial charge in [-0.25, -0.2) is 14.6 Å². The predicted octanol–water partition coefficient (Wildman–Crippen LogP) is 2.59. The average Bonchev–Trinajstić information content (AvgIpc) is 3.54. The van der Waals surface area contributed by atoms with E-state index in [0.29, 0.717) is 30.8 Å². The van der Waals surface area contributed by atoms with Crippen molar-refractivity contribution < 1.29 is 4.74 Å². The molecule has 0 amide bonds. The van der Waals surface area contributed by atoms with Gasteiger partial charge >= 0.3 is 0 Å². The van der Waals surface area contributed by atoms with Crippen molar-refractivity contribution in [2.45, 2.75) is 0 Å². The fourth-order valence-corrected chi connectivity index (χ4v) is 3.80. The smallest absolute Gasteiger partial charge is 0.245 e. The van der Waals surface area contributed by atoms with Crippen LogP contribution >= 0.6 is 0 Å². The van der Waals surface area contributed by atoms with Crippen molar-refractivity contribution >= 4 is 28.6 Å². The highest BCUT2D eigenvalue weighted by atomic mass is 16.5. The van der Waals surface area contributed by atoms with Crippen LogP contribution in [0, 0.1) is 0 Å². The van der Waals surface area contributed by atoms with E-state index in [1.807, 2.05) is 49.6 Å². The molecule has 0 atom stereocenters. The molecular formula is C23H22N10O. The average molecular weight is 454 g/mol. The number of hydrogen-bond acceptors (Lipinski definition) is 9. The lowest BCUT2D eigenvalue weighted by Gasteiger charge is -2.25. The molecule has 0 unspecified atom stereocenters. The minimum atomic E-state index is 0.478. The molecule has 11 nitrogen and oxygen atoms in total. The summed E-state index contributed by atoms with van der Waals surface area (Å²) in [6.07, 6.45) is 7.21. The monoisotopic (exact) mass is 454 g/mol. The van der Waals surface area contributed by atoms with Gasteiger partial charge in [0, 0.05) is 49.2 Å². The van der Waals surface area contributed by atoms with Gasteiger partial charge in [-0.05, 0) is 36.4 Å². The highest BCUT2D eigenvalue weighted by Gasteiger charge is 2.15. The molecule has 170 valence electrons. The molecule has 5 aromatic rings. The van der Waals surface area contributed by atoms with Crippen LogP contribution in [0.3, 0.4) is 0 Å². The number of aryl methyl sites for hydroxylation is 1. The topological polar surface area (TPSA) is 112 Å². The lowest BCUT2D eigenvalue weighted by Crippen LogP contribution is -2.37. The third-order valence-electron chi connectivity index (χ3n) is 5.61. The molecule has 5 heterocycles. The van der Waals surface area contributed by atoms with Crippen molar-refractivity contribution in [3.63, 3.8) is 0 Å². The number of anilines is 3. The van der Waals surface area contributed by atoms with Gasteiger partial charge in [0.15, 0.2) is 5.65 Å². The molecule has 6 rings (SSSR count). The van der Waals surface area contributed by atoms with Crippen molar-refractivity contribution in [1.82, 2.24) is 39.5 Å². The molecule has 0 aliphatic carbocycles. The Labute approximate surface area is 195 Å². The standard InChI is InChI=1S/C23H22N10O/c1-31-14-17(13-26-31)20-7-2-16-12-24-22(29-21(16)28-20)27-18-3-5-19(6-4-18)33-15-25-23(30-33)32-8-10-34-11-9-32/h2-7,12-15H,8-11H2,1H3,(H,24,27,28,29). The van der Waals surface area contributed by atoms with Gasteiger partial charge in [0.1, 0.15) is 6.33 Å². The van der Waals surface area contributed by atoms with Gasteiger partial charge < -0.3 is 15.0 Å². The van der Waals surface area contributed by atoms with E-state index in [0.717, 1.165) is 41.1 Å². The Morgan fingerprint density at radius 2 is 1.79 bits per heavy atom. The summed E-state index contributed by atoms with van der Waals surface area (Å²) in [4.78, 5) is 20.3. The molecule has 1 N–H and O–H groups in total. The molecule has 0 saturated carbocycles. The second-order valence-electron chi connectivity index (χ2n) is 7.97. The highest BCUT2D eigenvalue weighted by molar-refractivity contribution is 5.78. The van der Waals surface area contributed by atoms with Crippen LogP contribution in [0.2, 0.25) is 0 Å². The summed E-state index contributed by atoms with van der Waals surface area (Å²) in [6.45, 7) is 3.01. The lowest BCUT2D eigenvalue weighted by atomic mass is 10.2. The number of rotatable bonds is 5. The quantitative estimate of drug-likeness (QED) is 0.428. The maximum atomic E-state index is 5.40. The van der Waals surface area contributed by atoms with Gasteiger partial charge in [-0.2, -0.15) is 15.1 Å². The molecule has 1 aliphatic heterocycles. The van der Waals surface area contributed by atoms with E-state index in [2.05, 4.69) is 40.3 Å². The van der Waals surface area contributed by atoms with E-state index in [1.54, 1.807) is 28.1 Å². The number of hydrogen-bond donors (Lipinski definition) is 1. The molecule has 1 saturated heterocycles. The molecule has 34 heavy (non-hydrogen) atoms. The first kappa shape index (κ1) is 20.2. The molecule has 0 bridgehead atoms. The van der Waals surface area contributed by atoms with E-state index in [4.69, 9.17) is 4.74 Å². The number of aromatic nitrogens is 8. The van der Waals surface area contributed by atoms with Crippen LogP contribution in [0.1, 0.15) is 0 Å². The molecule has 0 spiro atoms. The van der Waals surface area contributed by atoms with E-state index in [-0.39, 0.29) is 0 Å². The van der Waals surface area contributed by atoms with Crippen LogP contribution in [0.5, 0.6) is 0 Å². The fourth-order valence-electron chi connectivity index (χ4n) is 3.80. The number of nitrogens with zero attached hydrogens (tertiary/aromatic N) is 9. The first-order valence-electron chi connectivity index (χ1n) is 11.0. The van der Waals surface area contributed by atoms with Crippen molar-refractivity contribution in [3.05, 3.63) is 61.3 Å². The van der Waals surface area contributed by atoms with Gasteiger partial charge in [0.25, 0.3) is 0 Å². The maximum Gasteiger partial charge on any atom is 0.245 e. The minimum Gasteiger partial charge on any atom is -0.378 e. The molecule has 4 aromatic heterocycles. The van der Waals surface area contributed by atoms with Gasteiger partial charge in [0.05, 0.1) is 30.8 Å². The summed E-state index contributed by atoms with van der Waals surface area (Å²) in [5.74, 6) is 1.19. The van der Waals surface area contributed by atoms with Crippen molar-refractivity contribution in [2.24, 2.45) is 7.05 Å². The number of pyridine rings is 1. The van der Waals surface area contributed by atoms with Gasteiger partial charge in [-0.3, -0.25) is 4.68 Å². The predicted molar refractivity (Wildman–Crippen MR) is 127 cm³/mol. The van der Waals surface area contributed by atoms with E-state index in [9.17, 15) is 0 Å². The molecule has 1 aliphatic rings. The number of fused-ring (bicyclic) bond motifs is 1. The van der Waals surface area contributed by atoms with Crippen molar-refractivity contribution in [1.29, 1.82) is 0 Å². The Hall–Kier alpha value is -4.38. The number of ether oxygens (including phenoxy) is 1. The Bertz CT molecular complexity index is 1440. The van der Waals surface area contributed by atoms with Crippen molar-refractivity contribution in [3.8, 4) is 16.9 Å². The summed E-state index contributed by atoms with van der Waals surface area (Å²) in [5.41, 5.74) is 4.16.